The van der Waals surface area contributed by atoms with Crippen LogP contribution in [-0.2, 0) is 20.9 Å². The summed E-state index contributed by atoms with van der Waals surface area (Å²) in [5.74, 6) is 2.17. The Morgan fingerprint density at radius 3 is 2.58 bits per heavy atom. The topological polar surface area (TPSA) is 85.4 Å². The van der Waals surface area contributed by atoms with Gasteiger partial charge in [0.1, 0.15) is 12.2 Å². The molecule has 1 aromatic carbocycles. The number of rotatable bonds is 11. The third kappa shape index (κ3) is 6.56. The number of hydrogen-bond acceptors (Lipinski definition) is 5. The zero-order valence-electron chi connectivity index (χ0n) is 21.7. The summed E-state index contributed by atoms with van der Waals surface area (Å²) in [7, 11) is 0. The van der Waals surface area contributed by atoms with Crippen molar-refractivity contribution in [3.63, 3.8) is 0 Å². The Morgan fingerprint density at radius 1 is 1.19 bits per heavy atom. The number of fused-ring (bicyclic) bond motifs is 1. The first-order valence-corrected chi connectivity index (χ1v) is 12.9. The van der Waals surface area contributed by atoms with Crippen molar-refractivity contribution in [1.29, 1.82) is 0 Å². The number of carbonyl (C=O) groups excluding carboxylic acids is 3. The predicted molar refractivity (Wildman–Crippen MR) is 137 cm³/mol. The van der Waals surface area contributed by atoms with E-state index in [-0.39, 0.29) is 43.4 Å². The van der Waals surface area contributed by atoms with Crippen molar-refractivity contribution in [1.82, 2.24) is 25.1 Å². The lowest BCUT2D eigenvalue weighted by Gasteiger charge is -2.55. The quantitative estimate of drug-likeness (QED) is 0.375. The molecule has 0 aliphatic carbocycles. The van der Waals surface area contributed by atoms with Crippen LogP contribution in [-0.4, -0.2) is 89.3 Å². The van der Waals surface area contributed by atoms with E-state index in [4.69, 9.17) is 11.2 Å². The predicted octanol–water partition coefficient (Wildman–Crippen LogP) is 2.29. The second-order valence-corrected chi connectivity index (χ2v) is 9.59. The van der Waals surface area contributed by atoms with Crippen LogP contribution in [0.3, 0.4) is 0 Å². The molecular weight excluding hydrogens is 458 g/mol. The van der Waals surface area contributed by atoms with Gasteiger partial charge in [-0.15, -0.1) is 6.42 Å². The van der Waals surface area contributed by atoms with Crippen LogP contribution >= 0.6 is 0 Å². The third-order valence-corrected chi connectivity index (χ3v) is 6.52. The van der Waals surface area contributed by atoms with Gasteiger partial charge in [-0.1, -0.05) is 63.4 Å². The summed E-state index contributed by atoms with van der Waals surface area (Å²) in [4.78, 5) is 43.6. The monoisotopic (exact) mass is 497 g/mol. The molecule has 9 nitrogen and oxygen atoms in total. The van der Waals surface area contributed by atoms with E-state index in [9.17, 15) is 14.4 Å². The Labute approximate surface area is 214 Å². The molecule has 2 fully saturated rings. The lowest BCUT2D eigenvalue weighted by Crippen LogP contribution is -2.77. The molecule has 36 heavy (non-hydrogen) atoms. The highest BCUT2D eigenvalue weighted by Crippen LogP contribution is 2.29. The molecular formula is C27H39N5O4. The summed E-state index contributed by atoms with van der Waals surface area (Å²) >= 11 is 0. The Hall–Kier alpha value is -3.09. The van der Waals surface area contributed by atoms with E-state index in [1.807, 2.05) is 44.2 Å². The standard InChI is InChI=1S/C27H39N5O4/c1-5-7-16-36-17-11-15-29-19-23-31(25(21(3)4)26(29)34)24(33)20-30(14-6-2)32(23)27(35)28-18-22-12-9-8-10-13-22/h2,8-10,12-13,21,23,25H,5,7,11,14-20H2,1,3-4H3,(H,28,35)/t23-,25-/m0/s1. The van der Waals surface area contributed by atoms with Gasteiger partial charge >= 0.3 is 6.03 Å². The minimum atomic E-state index is -0.644. The minimum absolute atomic E-state index is 0.0543. The number of terminal acetylenes is 1. The molecule has 4 amide bonds. The number of unbranched alkanes of at least 4 members (excludes halogenated alkanes) is 1. The number of carbonyl (C=O) groups is 3. The molecule has 0 radical (unpaired) electrons. The smallest absolute Gasteiger partial charge is 0.334 e. The van der Waals surface area contributed by atoms with Gasteiger partial charge in [-0.25, -0.2) is 9.80 Å². The zero-order chi connectivity index (χ0) is 26.1. The molecule has 196 valence electrons. The summed E-state index contributed by atoms with van der Waals surface area (Å²) in [5.41, 5.74) is 0.961. The summed E-state index contributed by atoms with van der Waals surface area (Å²) in [6.45, 7) is 8.37. The van der Waals surface area contributed by atoms with Gasteiger partial charge < -0.3 is 19.9 Å². The summed E-state index contributed by atoms with van der Waals surface area (Å²) in [6, 6.07) is 8.62. The average Bonchev–Trinajstić information content (AvgIpc) is 2.86. The Morgan fingerprint density at radius 2 is 1.92 bits per heavy atom. The van der Waals surface area contributed by atoms with E-state index in [2.05, 4.69) is 18.2 Å². The molecule has 2 saturated heterocycles. The molecule has 0 aromatic heterocycles. The van der Waals surface area contributed by atoms with Crippen LogP contribution in [0.4, 0.5) is 4.79 Å². The maximum absolute atomic E-state index is 13.5. The van der Waals surface area contributed by atoms with Gasteiger partial charge in [0.25, 0.3) is 0 Å². The van der Waals surface area contributed by atoms with Crippen LogP contribution in [0.25, 0.3) is 0 Å². The van der Waals surface area contributed by atoms with Gasteiger partial charge in [-0.3, -0.25) is 9.59 Å². The molecule has 9 heteroatoms. The Kier molecular flexibility index (Phi) is 10.1. The second kappa shape index (κ2) is 13.3. The Balaban J connectivity index is 1.81. The number of hydrogen-bond donors (Lipinski definition) is 1. The lowest BCUT2D eigenvalue weighted by atomic mass is 9.96. The maximum atomic E-state index is 13.5. The van der Waals surface area contributed by atoms with Crippen molar-refractivity contribution in [2.24, 2.45) is 5.92 Å². The molecule has 1 aromatic rings. The van der Waals surface area contributed by atoms with Crippen LogP contribution in [0, 0.1) is 18.3 Å². The molecule has 3 rings (SSSR count). The maximum Gasteiger partial charge on any atom is 0.334 e. The SMILES string of the molecule is C#CCN1CC(=O)N2[C@@H](C(C)C)C(=O)N(CCCOCCCC)C[C@@H]2N1C(=O)NCc1ccccc1. The first-order chi connectivity index (χ1) is 17.4. The molecule has 2 atom stereocenters. The molecule has 1 N–H and O–H groups in total. The Bertz CT molecular complexity index is 932. The van der Waals surface area contributed by atoms with E-state index >= 15 is 0 Å². The average molecular weight is 498 g/mol. The van der Waals surface area contributed by atoms with Gasteiger partial charge in [0, 0.05) is 26.3 Å². The third-order valence-electron chi connectivity index (χ3n) is 6.52. The largest absolute Gasteiger partial charge is 0.381 e. The zero-order valence-corrected chi connectivity index (χ0v) is 21.7. The number of benzene rings is 1. The molecule has 0 unspecified atom stereocenters. The van der Waals surface area contributed by atoms with Crippen molar-refractivity contribution in [2.75, 3.05) is 39.4 Å². The summed E-state index contributed by atoms with van der Waals surface area (Å²) in [5, 5.41) is 6.10. The summed E-state index contributed by atoms with van der Waals surface area (Å²) < 4.78 is 5.67. The molecule has 2 aliphatic rings. The van der Waals surface area contributed by atoms with Gasteiger partial charge in [0.05, 0.1) is 19.6 Å². The normalized spacial score (nSPS) is 20.5. The fourth-order valence-corrected chi connectivity index (χ4v) is 4.76. The molecule has 0 bridgehead atoms. The fourth-order valence-electron chi connectivity index (χ4n) is 4.76. The van der Waals surface area contributed by atoms with Crippen molar-refractivity contribution < 1.29 is 19.1 Å². The fraction of sp³-hybridized carbons (Fsp3) is 0.593. The number of amides is 4. The van der Waals surface area contributed by atoms with Crippen LogP contribution in [0.15, 0.2) is 30.3 Å². The van der Waals surface area contributed by atoms with E-state index < -0.39 is 12.2 Å². The number of nitrogens with zero attached hydrogens (tertiary/aromatic N) is 4. The van der Waals surface area contributed by atoms with E-state index in [0.29, 0.717) is 32.7 Å². The van der Waals surface area contributed by atoms with Crippen LogP contribution in [0.2, 0.25) is 0 Å². The van der Waals surface area contributed by atoms with E-state index in [0.717, 1.165) is 18.4 Å². The van der Waals surface area contributed by atoms with Crippen LogP contribution < -0.4 is 5.32 Å². The van der Waals surface area contributed by atoms with E-state index in [1.165, 1.54) is 5.01 Å². The van der Waals surface area contributed by atoms with Gasteiger partial charge in [-0.2, -0.15) is 5.01 Å². The number of ether oxygens (including phenoxy) is 1. The first-order valence-electron chi connectivity index (χ1n) is 12.9. The highest BCUT2D eigenvalue weighted by Gasteiger charge is 2.51. The van der Waals surface area contributed by atoms with E-state index in [1.54, 1.807) is 14.8 Å². The first kappa shape index (κ1) is 27.5. The van der Waals surface area contributed by atoms with Crippen LogP contribution in [0.5, 0.6) is 0 Å². The molecule has 2 heterocycles. The van der Waals surface area contributed by atoms with Crippen molar-refractivity contribution in [2.45, 2.75) is 58.8 Å². The van der Waals surface area contributed by atoms with Gasteiger partial charge in [0.2, 0.25) is 11.8 Å². The van der Waals surface area contributed by atoms with Crippen molar-refractivity contribution in [3.05, 3.63) is 35.9 Å². The lowest BCUT2D eigenvalue weighted by molar-refractivity contribution is -0.191. The number of urea groups is 1. The van der Waals surface area contributed by atoms with Crippen LogP contribution in [0.1, 0.15) is 45.6 Å². The summed E-state index contributed by atoms with van der Waals surface area (Å²) in [6.07, 6.45) is 7.72. The molecule has 0 saturated carbocycles. The minimum Gasteiger partial charge on any atom is -0.381 e. The van der Waals surface area contributed by atoms with Gasteiger partial charge in [-0.05, 0) is 24.3 Å². The second-order valence-electron chi connectivity index (χ2n) is 9.59. The molecule has 2 aliphatic heterocycles. The number of piperazine rings is 1. The highest BCUT2D eigenvalue weighted by molar-refractivity contribution is 5.91. The highest BCUT2D eigenvalue weighted by atomic mass is 16.5. The number of nitrogens with one attached hydrogen (secondary N) is 1. The van der Waals surface area contributed by atoms with Crippen molar-refractivity contribution >= 4 is 17.8 Å². The number of hydrazine groups is 1. The van der Waals surface area contributed by atoms with Crippen molar-refractivity contribution in [3.8, 4) is 12.3 Å². The van der Waals surface area contributed by atoms with Gasteiger partial charge in [0.15, 0.2) is 0 Å². The molecule has 0 spiro atoms.